The molecule has 0 unspecified atom stereocenters. The van der Waals surface area contributed by atoms with Gasteiger partial charge in [0.05, 0.1) is 0 Å². The molecule has 0 spiro atoms. The summed E-state index contributed by atoms with van der Waals surface area (Å²) >= 11 is 0. The van der Waals surface area contributed by atoms with E-state index >= 15 is 0 Å². The lowest BCUT2D eigenvalue weighted by Crippen LogP contribution is -2.33. The first-order valence-corrected chi connectivity index (χ1v) is 5.17. The van der Waals surface area contributed by atoms with Crippen molar-refractivity contribution in [2.24, 2.45) is 5.92 Å². The van der Waals surface area contributed by atoms with E-state index in [2.05, 4.69) is 17.3 Å². The lowest BCUT2D eigenvalue weighted by Gasteiger charge is -2.28. The second-order valence-corrected chi connectivity index (χ2v) is 3.90. The smallest absolute Gasteiger partial charge is 0.220 e. The summed E-state index contributed by atoms with van der Waals surface area (Å²) in [6.45, 7) is 5.01. The van der Waals surface area contributed by atoms with Crippen LogP contribution in [0.15, 0.2) is 0 Å². The lowest BCUT2D eigenvalue weighted by molar-refractivity contribution is -0.122. The molecule has 76 valence electrons. The minimum Gasteiger partial charge on any atom is -0.356 e. The van der Waals surface area contributed by atoms with Crippen molar-refractivity contribution in [3.8, 4) is 0 Å². The number of amides is 1. The predicted octanol–water partition coefficient (Wildman–Crippen LogP) is 0.854. The Bertz CT molecular complexity index is 162. The number of hydrogen-bond acceptors (Lipinski definition) is 2. The number of likely N-dealkylation sites (tertiary alicyclic amines) is 1. The van der Waals surface area contributed by atoms with Gasteiger partial charge < -0.3 is 10.2 Å². The molecule has 0 saturated carbocycles. The fourth-order valence-corrected chi connectivity index (χ4v) is 1.80. The van der Waals surface area contributed by atoms with Gasteiger partial charge in [0.15, 0.2) is 0 Å². The number of nitrogens with zero attached hydrogens (tertiary/aromatic N) is 1. The third-order valence-electron chi connectivity index (χ3n) is 2.69. The molecular formula is C10H20N2O. The third kappa shape index (κ3) is 3.77. The minimum atomic E-state index is 0.219. The van der Waals surface area contributed by atoms with Crippen molar-refractivity contribution in [2.75, 3.05) is 26.7 Å². The lowest BCUT2D eigenvalue weighted by atomic mass is 9.93. The van der Waals surface area contributed by atoms with Gasteiger partial charge in [-0.1, -0.05) is 0 Å². The SMILES string of the molecule is CCNC(=O)CC1CCN(C)CC1. The Labute approximate surface area is 80.5 Å². The molecule has 1 aliphatic rings. The highest BCUT2D eigenvalue weighted by Gasteiger charge is 2.18. The number of nitrogens with one attached hydrogen (secondary N) is 1. The first-order chi connectivity index (χ1) is 6.22. The van der Waals surface area contributed by atoms with Gasteiger partial charge in [-0.15, -0.1) is 0 Å². The van der Waals surface area contributed by atoms with Crippen LogP contribution in [0, 0.1) is 5.92 Å². The van der Waals surface area contributed by atoms with Crippen molar-refractivity contribution in [1.82, 2.24) is 10.2 Å². The van der Waals surface area contributed by atoms with E-state index in [-0.39, 0.29) is 5.91 Å². The maximum atomic E-state index is 11.3. The summed E-state index contributed by atoms with van der Waals surface area (Å²) in [4.78, 5) is 13.6. The number of carbonyl (C=O) groups excluding carboxylic acids is 1. The highest BCUT2D eigenvalue weighted by molar-refractivity contribution is 5.76. The molecule has 0 aromatic rings. The fraction of sp³-hybridized carbons (Fsp3) is 0.900. The Morgan fingerprint density at radius 1 is 1.46 bits per heavy atom. The molecule has 13 heavy (non-hydrogen) atoms. The summed E-state index contributed by atoms with van der Waals surface area (Å²) in [6.07, 6.45) is 3.07. The molecule has 0 radical (unpaired) electrons. The number of piperidine rings is 1. The average molecular weight is 184 g/mol. The van der Waals surface area contributed by atoms with Crippen LogP contribution in [-0.2, 0) is 4.79 Å². The van der Waals surface area contributed by atoms with Gasteiger partial charge in [0.25, 0.3) is 0 Å². The van der Waals surface area contributed by atoms with E-state index in [1.165, 1.54) is 12.8 Å². The van der Waals surface area contributed by atoms with Gasteiger partial charge in [-0.05, 0) is 45.8 Å². The standard InChI is InChI=1S/C10H20N2O/c1-3-11-10(13)8-9-4-6-12(2)7-5-9/h9H,3-8H2,1-2H3,(H,11,13). The van der Waals surface area contributed by atoms with Crippen LogP contribution in [0.3, 0.4) is 0 Å². The molecule has 3 heteroatoms. The molecule has 1 rings (SSSR count). The molecule has 3 nitrogen and oxygen atoms in total. The molecule has 0 aromatic heterocycles. The van der Waals surface area contributed by atoms with E-state index in [0.717, 1.165) is 26.1 Å². The summed E-state index contributed by atoms with van der Waals surface area (Å²) in [6, 6.07) is 0. The van der Waals surface area contributed by atoms with Gasteiger partial charge in [0.1, 0.15) is 0 Å². The van der Waals surface area contributed by atoms with Gasteiger partial charge in [0, 0.05) is 13.0 Å². The quantitative estimate of drug-likeness (QED) is 0.705. The maximum Gasteiger partial charge on any atom is 0.220 e. The molecule has 1 heterocycles. The van der Waals surface area contributed by atoms with Crippen molar-refractivity contribution >= 4 is 5.91 Å². The summed E-state index contributed by atoms with van der Waals surface area (Å²) < 4.78 is 0. The fourth-order valence-electron chi connectivity index (χ4n) is 1.80. The van der Waals surface area contributed by atoms with Crippen molar-refractivity contribution in [3.05, 3.63) is 0 Å². The van der Waals surface area contributed by atoms with E-state index in [4.69, 9.17) is 0 Å². The van der Waals surface area contributed by atoms with Crippen LogP contribution in [-0.4, -0.2) is 37.5 Å². The Hall–Kier alpha value is -0.570. The van der Waals surface area contributed by atoms with Crippen molar-refractivity contribution in [1.29, 1.82) is 0 Å². The van der Waals surface area contributed by atoms with E-state index in [0.29, 0.717) is 5.92 Å². The molecule has 0 aliphatic carbocycles. The topological polar surface area (TPSA) is 32.3 Å². The summed E-state index contributed by atoms with van der Waals surface area (Å²) in [5, 5.41) is 2.85. The molecule has 0 atom stereocenters. The number of hydrogen-bond donors (Lipinski definition) is 1. The molecule has 1 fully saturated rings. The molecule has 0 bridgehead atoms. The van der Waals surface area contributed by atoms with Gasteiger partial charge in [-0.3, -0.25) is 4.79 Å². The zero-order chi connectivity index (χ0) is 9.68. The predicted molar refractivity (Wildman–Crippen MR) is 53.5 cm³/mol. The average Bonchev–Trinajstić information content (AvgIpc) is 2.09. The zero-order valence-corrected chi connectivity index (χ0v) is 8.68. The van der Waals surface area contributed by atoms with Crippen LogP contribution in [0.4, 0.5) is 0 Å². The Balaban J connectivity index is 2.18. The van der Waals surface area contributed by atoms with Crippen molar-refractivity contribution < 1.29 is 4.79 Å². The van der Waals surface area contributed by atoms with Crippen LogP contribution < -0.4 is 5.32 Å². The molecular weight excluding hydrogens is 164 g/mol. The third-order valence-corrected chi connectivity index (χ3v) is 2.69. The molecule has 1 N–H and O–H groups in total. The highest BCUT2D eigenvalue weighted by Crippen LogP contribution is 2.18. The van der Waals surface area contributed by atoms with Gasteiger partial charge in [0.2, 0.25) is 5.91 Å². The maximum absolute atomic E-state index is 11.3. The van der Waals surface area contributed by atoms with Crippen LogP contribution >= 0.6 is 0 Å². The molecule has 0 aromatic carbocycles. The molecule has 1 aliphatic heterocycles. The second kappa shape index (κ2) is 5.22. The normalized spacial score (nSPS) is 20.2. The zero-order valence-electron chi connectivity index (χ0n) is 8.68. The van der Waals surface area contributed by atoms with Gasteiger partial charge in [-0.2, -0.15) is 0 Å². The van der Waals surface area contributed by atoms with Crippen molar-refractivity contribution in [2.45, 2.75) is 26.2 Å². The number of carbonyl (C=O) groups is 1. The van der Waals surface area contributed by atoms with E-state index in [1.54, 1.807) is 0 Å². The largest absolute Gasteiger partial charge is 0.356 e. The van der Waals surface area contributed by atoms with Crippen LogP contribution in [0.2, 0.25) is 0 Å². The molecule has 1 saturated heterocycles. The first-order valence-electron chi connectivity index (χ1n) is 5.17. The second-order valence-electron chi connectivity index (χ2n) is 3.90. The Morgan fingerprint density at radius 2 is 2.08 bits per heavy atom. The summed E-state index contributed by atoms with van der Waals surface area (Å²) in [7, 11) is 2.14. The highest BCUT2D eigenvalue weighted by atomic mass is 16.1. The number of rotatable bonds is 3. The summed E-state index contributed by atoms with van der Waals surface area (Å²) in [5.74, 6) is 0.833. The monoisotopic (exact) mass is 184 g/mol. The Kier molecular flexibility index (Phi) is 4.22. The molecule has 1 amide bonds. The van der Waals surface area contributed by atoms with E-state index in [9.17, 15) is 4.79 Å². The van der Waals surface area contributed by atoms with Crippen LogP contribution in [0.1, 0.15) is 26.2 Å². The van der Waals surface area contributed by atoms with Gasteiger partial charge >= 0.3 is 0 Å². The summed E-state index contributed by atoms with van der Waals surface area (Å²) in [5.41, 5.74) is 0. The van der Waals surface area contributed by atoms with E-state index in [1.807, 2.05) is 6.92 Å². The first kappa shape index (κ1) is 10.5. The van der Waals surface area contributed by atoms with E-state index < -0.39 is 0 Å². The minimum absolute atomic E-state index is 0.219. The van der Waals surface area contributed by atoms with Crippen molar-refractivity contribution in [3.63, 3.8) is 0 Å². The van der Waals surface area contributed by atoms with Crippen LogP contribution in [0.25, 0.3) is 0 Å². The Morgan fingerprint density at radius 3 is 2.62 bits per heavy atom. The van der Waals surface area contributed by atoms with Gasteiger partial charge in [-0.25, -0.2) is 0 Å². The van der Waals surface area contributed by atoms with Crippen LogP contribution in [0.5, 0.6) is 0 Å².